The van der Waals surface area contributed by atoms with Gasteiger partial charge in [0.15, 0.2) is 5.82 Å². The predicted molar refractivity (Wildman–Crippen MR) is 69.5 cm³/mol. The third kappa shape index (κ3) is 3.51. The van der Waals surface area contributed by atoms with Crippen LogP contribution < -0.4 is 0 Å². The van der Waals surface area contributed by atoms with Crippen LogP contribution in [-0.4, -0.2) is 47.0 Å². The Morgan fingerprint density at radius 1 is 0.421 bits per heavy atom. The number of hydrogen-bond acceptors (Lipinski definition) is 2. The molecule has 2 unspecified atom stereocenters. The maximum absolute atomic E-state index is 14.7. The van der Waals surface area contributed by atoms with Crippen LogP contribution >= 0.6 is 0 Å². The zero-order chi connectivity index (χ0) is 30.7. The van der Waals surface area contributed by atoms with Crippen molar-refractivity contribution in [3.63, 3.8) is 0 Å². The van der Waals surface area contributed by atoms with Gasteiger partial charge >= 0.3 is 48.4 Å². The molecule has 2 atom stereocenters. The highest BCUT2D eigenvalue weighted by Crippen LogP contribution is 2.72. The minimum absolute atomic E-state index is 0.936. The minimum Gasteiger partial charge on any atom is -0.230 e. The monoisotopic (exact) mass is 614 g/mol. The molecule has 2 nitrogen and oxygen atoms in total. The largest absolute Gasteiger partial charge is 0.439 e. The lowest BCUT2D eigenvalue weighted by atomic mass is 9.62. The lowest BCUT2D eigenvalue weighted by Gasteiger charge is -2.51. The third-order valence-electron chi connectivity index (χ3n) is 5.03. The molecular formula is C14F22N2. The van der Waals surface area contributed by atoms with Crippen LogP contribution in [0.25, 0.3) is 0 Å². The molecule has 1 aliphatic rings. The molecule has 0 saturated carbocycles. The Morgan fingerprint density at radius 3 is 1.00 bits per heavy atom. The summed E-state index contributed by atoms with van der Waals surface area (Å²) in [5.74, 6) is -4.41. The summed E-state index contributed by atoms with van der Waals surface area (Å²) in [5, 5.41) is 0. The summed E-state index contributed by atoms with van der Waals surface area (Å²) in [7, 11) is 0. The number of hydrogen-bond donors (Lipinski definition) is 0. The van der Waals surface area contributed by atoms with Crippen LogP contribution in [-0.2, 0) is 22.7 Å². The Hall–Kier alpha value is -2.46. The van der Waals surface area contributed by atoms with Crippen LogP contribution in [0.15, 0.2) is 0 Å². The van der Waals surface area contributed by atoms with E-state index in [1.807, 2.05) is 0 Å². The fourth-order valence-electron chi connectivity index (χ4n) is 3.22. The molecule has 0 fully saturated rings. The van der Waals surface area contributed by atoms with Crippen molar-refractivity contribution in [2.45, 2.75) is 59.7 Å². The van der Waals surface area contributed by atoms with Gasteiger partial charge in [-0.1, -0.05) is 0 Å². The summed E-state index contributed by atoms with van der Waals surface area (Å²) in [5.41, 5.74) is -42.9. The van der Waals surface area contributed by atoms with E-state index in [2.05, 4.69) is 0 Å². The fourth-order valence-corrected chi connectivity index (χ4v) is 3.22. The second kappa shape index (κ2) is 7.59. The fraction of sp³-hybridized carbons (Fsp3) is 0.714. The van der Waals surface area contributed by atoms with Crippen molar-refractivity contribution in [2.24, 2.45) is 0 Å². The Labute approximate surface area is 190 Å². The number of rotatable bonds is 2. The van der Waals surface area contributed by atoms with Crippen LogP contribution in [0.1, 0.15) is 22.8 Å². The van der Waals surface area contributed by atoms with Gasteiger partial charge in [0.05, 0.1) is 5.56 Å². The SMILES string of the molecule is FC(F)(F)C(F)(c1nc(C(F)(C(F)(F)F)C(F)(F)F)c2c(n1)C(F)(C(F)(F)F)C2(F)C(F)(F)F)C(F)(F)F. The van der Waals surface area contributed by atoms with Gasteiger partial charge in [-0.25, -0.2) is 27.5 Å². The van der Waals surface area contributed by atoms with Crippen LogP contribution in [0.5, 0.6) is 0 Å². The molecule has 1 aliphatic carbocycles. The number of aromatic nitrogens is 2. The number of alkyl halides is 22. The molecule has 0 aromatic carbocycles. The number of halogens is 22. The molecule has 0 bridgehead atoms. The highest BCUT2D eigenvalue weighted by atomic mass is 19.4. The molecule has 1 aromatic heterocycles. The predicted octanol–water partition coefficient (Wildman–Crippen LogP) is 7.52. The van der Waals surface area contributed by atoms with Crippen molar-refractivity contribution in [2.75, 3.05) is 0 Å². The first-order valence-electron chi connectivity index (χ1n) is 8.30. The van der Waals surface area contributed by atoms with Crippen LogP contribution in [0.4, 0.5) is 96.6 Å². The molecule has 24 heteroatoms. The minimum atomic E-state index is -7.92. The molecule has 0 radical (unpaired) electrons. The van der Waals surface area contributed by atoms with Crippen LogP contribution in [0.3, 0.4) is 0 Å². The van der Waals surface area contributed by atoms with Crippen molar-refractivity contribution in [1.29, 1.82) is 0 Å². The molecule has 0 aliphatic heterocycles. The molecule has 0 amide bonds. The first-order chi connectivity index (χ1) is 16.2. The summed E-state index contributed by atoms with van der Waals surface area (Å²) in [6, 6.07) is 0. The maximum atomic E-state index is 14.7. The van der Waals surface area contributed by atoms with Crippen LogP contribution in [0, 0.1) is 0 Å². The quantitative estimate of drug-likeness (QED) is 0.323. The van der Waals surface area contributed by atoms with Gasteiger partial charge in [0.25, 0.3) is 11.3 Å². The summed E-state index contributed by atoms with van der Waals surface area (Å²) in [6.07, 6.45) is -46.5. The van der Waals surface area contributed by atoms with Gasteiger partial charge in [-0.15, -0.1) is 0 Å². The Morgan fingerprint density at radius 2 is 0.737 bits per heavy atom. The maximum Gasteiger partial charge on any atom is 0.439 e. The molecule has 2 rings (SSSR count). The van der Waals surface area contributed by atoms with E-state index < -0.39 is 82.5 Å². The van der Waals surface area contributed by atoms with E-state index >= 15 is 0 Å². The third-order valence-corrected chi connectivity index (χ3v) is 5.03. The van der Waals surface area contributed by atoms with Gasteiger partial charge in [0.1, 0.15) is 11.4 Å². The molecule has 220 valence electrons. The molecule has 1 heterocycles. The first kappa shape index (κ1) is 31.8. The second-order valence-corrected chi connectivity index (χ2v) is 7.24. The van der Waals surface area contributed by atoms with Crippen molar-refractivity contribution in [1.82, 2.24) is 9.97 Å². The van der Waals surface area contributed by atoms with Gasteiger partial charge in [-0.05, 0) is 0 Å². The Bertz CT molecular complexity index is 1070. The van der Waals surface area contributed by atoms with Crippen molar-refractivity contribution < 1.29 is 96.6 Å². The number of fused-ring (bicyclic) bond motifs is 1. The second-order valence-electron chi connectivity index (χ2n) is 7.24. The van der Waals surface area contributed by atoms with E-state index in [0.29, 0.717) is 0 Å². The van der Waals surface area contributed by atoms with E-state index in [4.69, 9.17) is 0 Å². The Kier molecular flexibility index (Phi) is 6.34. The van der Waals surface area contributed by atoms with E-state index in [1.54, 1.807) is 0 Å². The van der Waals surface area contributed by atoms with E-state index in [9.17, 15) is 96.6 Å². The topological polar surface area (TPSA) is 25.8 Å². The van der Waals surface area contributed by atoms with Gasteiger partial charge in [0, 0.05) is 0 Å². The molecule has 38 heavy (non-hydrogen) atoms. The molecular weight excluding hydrogens is 614 g/mol. The van der Waals surface area contributed by atoms with E-state index in [0.717, 1.165) is 4.98 Å². The van der Waals surface area contributed by atoms with E-state index in [1.165, 1.54) is 4.98 Å². The van der Waals surface area contributed by atoms with Crippen molar-refractivity contribution in [3.05, 3.63) is 22.8 Å². The Balaban J connectivity index is 3.40. The van der Waals surface area contributed by atoms with Gasteiger partial charge in [0.2, 0.25) is 0 Å². The summed E-state index contributed by atoms with van der Waals surface area (Å²) in [6.45, 7) is 0. The summed E-state index contributed by atoms with van der Waals surface area (Å²) in [4.78, 5) is 2.10. The molecule has 0 saturated heterocycles. The van der Waals surface area contributed by atoms with Gasteiger partial charge in [-0.2, -0.15) is 79.0 Å². The highest BCUT2D eigenvalue weighted by molar-refractivity contribution is 5.55. The molecule has 0 N–H and O–H groups in total. The van der Waals surface area contributed by atoms with E-state index in [-0.39, 0.29) is 0 Å². The standard InChI is InChI=1S/C14F22N2/c15-5(9(19,20)21)1-2(6(5,16)10(22,23)24)37-4(8(18,13(31,32)33)14(34,35)36)38-3(1)7(17,11(25,26)27)12(28,29)30. The van der Waals surface area contributed by atoms with Crippen molar-refractivity contribution in [3.8, 4) is 0 Å². The zero-order valence-corrected chi connectivity index (χ0v) is 16.2. The molecule has 1 aromatic rings. The zero-order valence-electron chi connectivity index (χ0n) is 16.2. The lowest BCUT2D eigenvalue weighted by Crippen LogP contribution is -2.70. The average molecular weight is 614 g/mol. The summed E-state index contributed by atoms with van der Waals surface area (Å²) >= 11 is 0. The lowest BCUT2D eigenvalue weighted by molar-refractivity contribution is -0.380. The molecule has 0 spiro atoms. The average Bonchev–Trinajstić information content (AvgIpc) is 2.65. The summed E-state index contributed by atoms with van der Waals surface area (Å²) < 4.78 is 293. The van der Waals surface area contributed by atoms with Gasteiger partial charge in [-0.3, -0.25) is 0 Å². The first-order valence-corrected chi connectivity index (χ1v) is 8.30. The smallest absolute Gasteiger partial charge is 0.230 e. The van der Waals surface area contributed by atoms with Crippen LogP contribution in [0.2, 0.25) is 0 Å². The highest BCUT2D eigenvalue weighted by Gasteiger charge is 2.92. The van der Waals surface area contributed by atoms with Gasteiger partial charge < -0.3 is 0 Å². The number of nitrogens with zero attached hydrogens (tertiary/aromatic N) is 2. The van der Waals surface area contributed by atoms with Crippen molar-refractivity contribution >= 4 is 0 Å². The normalized spacial score (nSPS) is 24.3.